The summed E-state index contributed by atoms with van der Waals surface area (Å²) >= 11 is 0. The fourth-order valence-corrected chi connectivity index (χ4v) is 13.3. The van der Waals surface area contributed by atoms with Crippen LogP contribution < -0.4 is 15.5 Å². The van der Waals surface area contributed by atoms with Crippen LogP contribution in [0.1, 0.15) is 264 Å². The summed E-state index contributed by atoms with van der Waals surface area (Å²) in [6.45, 7) is 10.6. The predicted molar refractivity (Wildman–Crippen MR) is 370 cm³/mol. The van der Waals surface area contributed by atoms with Crippen LogP contribution in [0.3, 0.4) is 0 Å². The number of carbonyl (C=O) groups excluding carboxylic acids is 2. The van der Waals surface area contributed by atoms with E-state index in [-0.39, 0.29) is 30.6 Å². The van der Waals surface area contributed by atoms with Gasteiger partial charge in [-0.25, -0.2) is 0 Å². The Labute approximate surface area is 538 Å². The van der Waals surface area contributed by atoms with Crippen molar-refractivity contribution in [2.45, 2.75) is 289 Å². The molecule has 2 heterocycles. The number of nitrogens with zero attached hydrogens (tertiary/aromatic N) is 3. The molecule has 0 spiro atoms. The molecule has 4 atom stereocenters. The second kappa shape index (κ2) is 53.5. The van der Waals surface area contributed by atoms with Crippen molar-refractivity contribution in [3.8, 4) is 5.75 Å². The molecule has 15 heteroatoms. The minimum Gasteiger partial charge on any atom is -0.494 e. The molecule has 0 saturated carbocycles. The molecule has 0 aromatic heterocycles. The molecule has 87 heavy (non-hydrogen) atoms. The molecule has 0 aliphatic carbocycles. The van der Waals surface area contributed by atoms with E-state index in [1.807, 2.05) is 31.2 Å². The van der Waals surface area contributed by atoms with Crippen molar-refractivity contribution in [1.29, 1.82) is 0 Å². The fourth-order valence-electron chi connectivity index (χ4n) is 11.2. The summed E-state index contributed by atoms with van der Waals surface area (Å²) in [5.41, 5.74) is 4.49. The van der Waals surface area contributed by atoms with Gasteiger partial charge in [0.15, 0.2) is 5.79 Å². The molecule has 2 fully saturated rings. The van der Waals surface area contributed by atoms with Crippen LogP contribution in [0.15, 0.2) is 78.0 Å². The van der Waals surface area contributed by atoms with Gasteiger partial charge in [-0.05, 0) is 166 Å². The SMILES string of the molecule is CCCCC/C=C\C/C=C\CCCCCCCCC1(CCCCCCCC/C=C\C/C=C\CCCCC)OCC(CCN(C)CCCCCCNC(=O)CCCOc2ccc(/C(C)=N/NC(O)CCSSCCCC(=O)N3C[C@H](O)C[C@H]3CO)cc2)O1. The highest BCUT2D eigenvalue weighted by Gasteiger charge is 2.40. The van der Waals surface area contributed by atoms with Crippen LogP contribution >= 0.6 is 21.6 Å². The Morgan fingerprint density at radius 3 is 1.90 bits per heavy atom. The number of rotatable bonds is 57. The van der Waals surface area contributed by atoms with Crippen LogP contribution in [0.5, 0.6) is 5.75 Å². The number of ether oxygens (including phenoxy) is 3. The largest absolute Gasteiger partial charge is 0.494 e. The number of likely N-dealkylation sites (tertiary alicyclic amines) is 1. The minimum atomic E-state index is -0.779. The van der Waals surface area contributed by atoms with Gasteiger partial charge >= 0.3 is 0 Å². The summed E-state index contributed by atoms with van der Waals surface area (Å²) in [6.07, 6.45) is 58.5. The summed E-state index contributed by atoms with van der Waals surface area (Å²) < 4.78 is 19.5. The molecule has 2 aliphatic heterocycles. The molecule has 1 aromatic carbocycles. The first-order chi connectivity index (χ1) is 42.6. The van der Waals surface area contributed by atoms with Crippen LogP contribution in [0.25, 0.3) is 0 Å². The van der Waals surface area contributed by atoms with Crippen molar-refractivity contribution in [2.24, 2.45) is 5.10 Å². The Hall–Kier alpha value is -3.15. The number of allylic oxidation sites excluding steroid dienone is 8. The van der Waals surface area contributed by atoms with Crippen LogP contribution in [0.2, 0.25) is 0 Å². The molecule has 1 aromatic rings. The summed E-state index contributed by atoms with van der Waals surface area (Å²) in [6, 6.07) is 7.38. The number of amides is 2. The number of hydrazone groups is 1. The van der Waals surface area contributed by atoms with Gasteiger partial charge in [0.05, 0.1) is 43.8 Å². The zero-order valence-corrected chi connectivity index (χ0v) is 56.9. The average Bonchev–Trinajstić information content (AvgIpc) is 3.74. The van der Waals surface area contributed by atoms with Gasteiger partial charge in [-0.2, -0.15) is 5.10 Å². The van der Waals surface area contributed by atoms with Gasteiger partial charge < -0.3 is 44.6 Å². The summed E-state index contributed by atoms with van der Waals surface area (Å²) in [7, 11) is 5.55. The van der Waals surface area contributed by atoms with E-state index in [2.05, 4.69) is 90.2 Å². The molecule has 0 bridgehead atoms. The van der Waals surface area contributed by atoms with Gasteiger partial charge in [-0.3, -0.25) is 15.0 Å². The first-order valence-corrected chi connectivity index (χ1v) is 37.5. The van der Waals surface area contributed by atoms with E-state index < -0.39 is 18.1 Å². The maximum absolute atomic E-state index is 12.6. The van der Waals surface area contributed by atoms with E-state index in [9.17, 15) is 24.9 Å². The highest BCUT2D eigenvalue weighted by molar-refractivity contribution is 8.76. The van der Waals surface area contributed by atoms with E-state index in [1.165, 1.54) is 141 Å². The third-order valence-corrected chi connectivity index (χ3v) is 19.1. The van der Waals surface area contributed by atoms with E-state index in [0.717, 1.165) is 106 Å². The summed E-state index contributed by atoms with van der Waals surface area (Å²) in [5, 5.41) is 37.2. The second-order valence-corrected chi connectivity index (χ2v) is 27.3. The molecule has 2 saturated heterocycles. The van der Waals surface area contributed by atoms with Crippen molar-refractivity contribution in [3.05, 3.63) is 78.4 Å². The lowest BCUT2D eigenvalue weighted by Gasteiger charge is -2.29. The Bertz CT molecular complexity index is 1940. The first kappa shape index (κ1) is 78.1. The quantitative estimate of drug-likeness (QED) is 0.0105. The monoisotopic (exact) mass is 1250 g/mol. The first-order valence-electron chi connectivity index (χ1n) is 35.0. The highest BCUT2D eigenvalue weighted by atomic mass is 33.1. The Balaban J connectivity index is 1.21. The fraction of sp³-hybridized carbons (Fsp3) is 0.764. The smallest absolute Gasteiger partial charge is 0.223 e. The van der Waals surface area contributed by atoms with Crippen LogP contribution in [-0.2, 0) is 19.1 Å². The highest BCUT2D eigenvalue weighted by Crippen LogP contribution is 2.36. The van der Waals surface area contributed by atoms with Crippen LogP contribution in [0.4, 0.5) is 0 Å². The molecule has 498 valence electrons. The van der Waals surface area contributed by atoms with E-state index >= 15 is 0 Å². The van der Waals surface area contributed by atoms with E-state index in [4.69, 9.17) is 14.2 Å². The van der Waals surface area contributed by atoms with Gasteiger partial charge in [-0.1, -0.05) is 174 Å². The minimum absolute atomic E-state index is 0.0191. The number of carbonyl (C=O) groups is 2. The second-order valence-electron chi connectivity index (χ2n) is 24.6. The summed E-state index contributed by atoms with van der Waals surface area (Å²) in [5.74, 6) is 1.91. The lowest BCUT2D eigenvalue weighted by atomic mass is 9.98. The molecule has 5 N–H and O–H groups in total. The van der Waals surface area contributed by atoms with Crippen molar-refractivity contribution in [1.82, 2.24) is 20.5 Å². The molecule has 2 unspecified atom stereocenters. The number of hydrogen-bond donors (Lipinski definition) is 5. The molecule has 2 aliphatic rings. The maximum Gasteiger partial charge on any atom is 0.223 e. The van der Waals surface area contributed by atoms with Gasteiger partial charge in [0.25, 0.3) is 0 Å². The number of aliphatic hydroxyl groups excluding tert-OH is 3. The molecule has 3 rings (SSSR count). The van der Waals surface area contributed by atoms with Gasteiger partial charge in [0.2, 0.25) is 11.8 Å². The standard InChI is InChI=1S/C72H125N5O8S2/c1-5-7-9-11-13-15-17-19-21-23-25-27-29-31-33-37-51-72(52-38-34-32-30-28-26-24-22-20-18-16-14-12-10-8-6-2)84-62-68(85-72)49-55-76(4)54-40-36-35-39-53-73-69(80)43-41-56-83-67-47-45-64(46-48-67)63(3)74-75-70(81)50-58-87-86-57-42-44-71(82)77-60-66(79)59-65(77)61-78/h13-16,19-22,45-48,65-66,68,70,75,78-79,81H,5-12,17-18,23-44,49-62H2,1-4H3,(H,73,80)/b15-13-,16-14-,21-19-,22-20-,74-63+/t65-,66+,68?,70?/m0/s1. The Morgan fingerprint density at radius 1 is 0.724 bits per heavy atom. The van der Waals surface area contributed by atoms with Gasteiger partial charge in [0, 0.05) is 63.2 Å². The van der Waals surface area contributed by atoms with Crippen molar-refractivity contribution in [3.63, 3.8) is 0 Å². The maximum atomic E-state index is 12.6. The number of benzene rings is 1. The zero-order valence-electron chi connectivity index (χ0n) is 55.3. The topological polar surface area (TPSA) is 165 Å². The number of β-amino-alcohol motifs (C(OH)–C–C–N with tert-alkyl or cyclic N) is 1. The van der Waals surface area contributed by atoms with Crippen molar-refractivity contribution in [2.75, 3.05) is 64.6 Å². The summed E-state index contributed by atoms with van der Waals surface area (Å²) in [4.78, 5) is 29.1. The Kier molecular flexibility index (Phi) is 48.0. The van der Waals surface area contributed by atoms with E-state index in [0.29, 0.717) is 58.4 Å². The lowest BCUT2D eigenvalue weighted by molar-refractivity contribution is -0.180. The van der Waals surface area contributed by atoms with Crippen molar-refractivity contribution < 1.29 is 39.1 Å². The Morgan fingerprint density at radius 2 is 1.29 bits per heavy atom. The van der Waals surface area contributed by atoms with Crippen molar-refractivity contribution >= 4 is 39.1 Å². The molecule has 13 nitrogen and oxygen atoms in total. The number of hydrogen-bond acceptors (Lipinski definition) is 13. The number of nitrogens with one attached hydrogen (secondary N) is 2. The number of unbranched alkanes of at least 4 members (excludes halogenated alkanes) is 21. The lowest BCUT2D eigenvalue weighted by Crippen LogP contribution is -2.37. The average molecular weight is 1250 g/mol. The van der Waals surface area contributed by atoms with Crippen LogP contribution in [-0.4, -0.2) is 137 Å². The molecular formula is C72H125N5O8S2. The normalized spacial score (nSPS) is 17.6. The van der Waals surface area contributed by atoms with Gasteiger partial charge in [0.1, 0.15) is 12.0 Å². The van der Waals surface area contributed by atoms with Gasteiger partial charge in [-0.15, -0.1) is 0 Å². The zero-order chi connectivity index (χ0) is 62.5. The third-order valence-electron chi connectivity index (χ3n) is 16.6. The van der Waals surface area contributed by atoms with E-state index in [1.54, 1.807) is 26.5 Å². The number of aliphatic hydroxyl groups is 3. The third kappa shape index (κ3) is 41.1. The predicted octanol–water partition coefficient (Wildman–Crippen LogP) is 16.5. The molecule has 2 amide bonds. The molecular weight excluding hydrogens is 1130 g/mol. The molecule has 0 radical (unpaired) electrons. The van der Waals surface area contributed by atoms with Crippen LogP contribution in [0, 0.1) is 0 Å².